The van der Waals surface area contributed by atoms with Gasteiger partial charge in [-0.05, 0) is 23.3 Å². The molecule has 6 heteroatoms. The zero-order chi connectivity index (χ0) is 17.6. The summed E-state index contributed by atoms with van der Waals surface area (Å²) in [6, 6.07) is 13.3. The predicted octanol–water partition coefficient (Wildman–Crippen LogP) is 2.02. The van der Waals surface area contributed by atoms with Crippen LogP contribution in [0.15, 0.2) is 54.9 Å². The van der Waals surface area contributed by atoms with Gasteiger partial charge in [-0.25, -0.2) is 4.79 Å². The van der Waals surface area contributed by atoms with E-state index in [1.807, 2.05) is 42.5 Å². The fourth-order valence-corrected chi connectivity index (χ4v) is 2.94. The summed E-state index contributed by atoms with van der Waals surface area (Å²) < 4.78 is 0. The third kappa shape index (κ3) is 4.56. The van der Waals surface area contributed by atoms with Gasteiger partial charge in [0.25, 0.3) is 0 Å². The minimum absolute atomic E-state index is 0.0749. The van der Waals surface area contributed by atoms with E-state index in [0.29, 0.717) is 26.1 Å². The summed E-state index contributed by atoms with van der Waals surface area (Å²) >= 11 is 0. The highest BCUT2D eigenvalue weighted by Gasteiger charge is 2.31. The van der Waals surface area contributed by atoms with Crippen molar-refractivity contribution >= 4 is 11.9 Å². The fraction of sp³-hybridized carbons (Fsp3) is 0.316. The molecule has 1 atom stereocenters. The van der Waals surface area contributed by atoms with Crippen LogP contribution in [-0.2, 0) is 17.9 Å². The molecule has 0 spiro atoms. The quantitative estimate of drug-likeness (QED) is 0.907. The van der Waals surface area contributed by atoms with E-state index in [-0.39, 0.29) is 18.0 Å². The zero-order valence-corrected chi connectivity index (χ0v) is 14.3. The summed E-state index contributed by atoms with van der Waals surface area (Å²) in [6.07, 6.45) is 3.76. The van der Waals surface area contributed by atoms with E-state index < -0.39 is 0 Å². The van der Waals surface area contributed by atoms with Crippen molar-refractivity contribution in [3.63, 3.8) is 0 Å². The summed E-state index contributed by atoms with van der Waals surface area (Å²) in [5.74, 6) is 0.0749. The molecule has 1 aromatic heterocycles. The Hall–Kier alpha value is -2.89. The van der Waals surface area contributed by atoms with Gasteiger partial charge in [-0.1, -0.05) is 30.3 Å². The average Bonchev–Trinajstić information content (AvgIpc) is 2.95. The summed E-state index contributed by atoms with van der Waals surface area (Å²) in [5.41, 5.74) is 2.11. The Morgan fingerprint density at radius 3 is 2.64 bits per heavy atom. The summed E-state index contributed by atoms with van der Waals surface area (Å²) in [4.78, 5) is 31.9. The van der Waals surface area contributed by atoms with Gasteiger partial charge in [0.05, 0.1) is 6.04 Å². The van der Waals surface area contributed by atoms with Crippen LogP contribution in [0.5, 0.6) is 0 Å². The highest BCUT2D eigenvalue weighted by molar-refractivity contribution is 5.81. The SMILES string of the molecule is CN(Cc1ccncc1)C(=O)N[C@@H]1CC(=O)N(Cc2ccccc2)C1. The van der Waals surface area contributed by atoms with Crippen LogP contribution in [0.3, 0.4) is 0 Å². The molecular weight excluding hydrogens is 316 g/mol. The van der Waals surface area contributed by atoms with Crippen LogP contribution in [-0.4, -0.2) is 46.4 Å². The van der Waals surface area contributed by atoms with Gasteiger partial charge in [-0.3, -0.25) is 9.78 Å². The Balaban J connectivity index is 1.51. The van der Waals surface area contributed by atoms with Crippen LogP contribution in [0.25, 0.3) is 0 Å². The third-order valence-corrected chi connectivity index (χ3v) is 4.27. The number of likely N-dealkylation sites (tertiary alicyclic amines) is 1. The van der Waals surface area contributed by atoms with Crippen molar-refractivity contribution in [1.29, 1.82) is 0 Å². The maximum Gasteiger partial charge on any atom is 0.317 e. The molecule has 3 rings (SSSR count). The Kier molecular flexibility index (Phi) is 5.28. The molecular formula is C19H22N4O2. The van der Waals surface area contributed by atoms with Crippen molar-refractivity contribution < 1.29 is 9.59 Å². The first-order valence-electron chi connectivity index (χ1n) is 8.34. The molecule has 0 aliphatic carbocycles. The number of benzene rings is 1. The second-order valence-electron chi connectivity index (χ2n) is 6.32. The molecule has 6 nitrogen and oxygen atoms in total. The van der Waals surface area contributed by atoms with Crippen molar-refractivity contribution in [3.8, 4) is 0 Å². The van der Waals surface area contributed by atoms with Crippen LogP contribution >= 0.6 is 0 Å². The molecule has 0 radical (unpaired) electrons. The van der Waals surface area contributed by atoms with E-state index in [0.717, 1.165) is 11.1 Å². The number of aromatic nitrogens is 1. The minimum Gasteiger partial charge on any atom is -0.336 e. The standard InChI is InChI=1S/C19H22N4O2/c1-22(12-16-7-9-20-10-8-16)19(25)21-17-11-18(24)23(14-17)13-15-5-3-2-4-6-15/h2-10,17H,11-14H2,1H3,(H,21,25)/t17-/m1/s1. The van der Waals surface area contributed by atoms with Crippen LogP contribution in [0.2, 0.25) is 0 Å². The molecule has 2 aromatic rings. The number of pyridine rings is 1. The highest BCUT2D eigenvalue weighted by Crippen LogP contribution is 2.15. The zero-order valence-electron chi connectivity index (χ0n) is 14.3. The molecule has 3 amide bonds. The number of urea groups is 1. The molecule has 1 saturated heterocycles. The molecule has 1 aromatic carbocycles. The van der Waals surface area contributed by atoms with Gasteiger partial charge in [0.15, 0.2) is 0 Å². The lowest BCUT2D eigenvalue weighted by Gasteiger charge is -2.21. The van der Waals surface area contributed by atoms with Crippen molar-refractivity contribution in [2.24, 2.45) is 0 Å². The van der Waals surface area contributed by atoms with E-state index in [4.69, 9.17) is 0 Å². The number of rotatable bonds is 5. The van der Waals surface area contributed by atoms with E-state index in [1.54, 1.807) is 29.2 Å². The Morgan fingerprint density at radius 2 is 1.92 bits per heavy atom. The van der Waals surface area contributed by atoms with Crippen LogP contribution in [0.4, 0.5) is 4.79 Å². The summed E-state index contributed by atoms with van der Waals surface area (Å²) in [6.45, 7) is 1.63. The van der Waals surface area contributed by atoms with Gasteiger partial charge < -0.3 is 15.1 Å². The number of carbonyl (C=O) groups excluding carboxylic acids is 2. The second-order valence-corrected chi connectivity index (χ2v) is 6.32. The lowest BCUT2D eigenvalue weighted by molar-refractivity contribution is -0.128. The number of amides is 3. The molecule has 1 N–H and O–H groups in total. The van der Waals surface area contributed by atoms with Gasteiger partial charge >= 0.3 is 6.03 Å². The van der Waals surface area contributed by atoms with Crippen molar-refractivity contribution in [2.45, 2.75) is 25.6 Å². The normalized spacial score (nSPS) is 16.8. The first-order chi connectivity index (χ1) is 12.1. The van der Waals surface area contributed by atoms with E-state index in [1.165, 1.54) is 0 Å². The first kappa shape index (κ1) is 17.0. The predicted molar refractivity (Wildman–Crippen MR) is 94.5 cm³/mol. The molecule has 2 heterocycles. The molecule has 0 bridgehead atoms. The van der Waals surface area contributed by atoms with E-state index in [9.17, 15) is 9.59 Å². The van der Waals surface area contributed by atoms with E-state index in [2.05, 4.69) is 10.3 Å². The van der Waals surface area contributed by atoms with Gasteiger partial charge in [0.2, 0.25) is 5.91 Å². The van der Waals surface area contributed by atoms with Gasteiger partial charge in [-0.15, -0.1) is 0 Å². The Labute approximate surface area is 147 Å². The first-order valence-corrected chi connectivity index (χ1v) is 8.34. The van der Waals surface area contributed by atoms with Crippen LogP contribution in [0.1, 0.15) is 17.5 Å². The Morgan fingerprint density at radius 1 is 1.20 bits per heavy atom. The summed E-state index contributed by atoms with van der Waals surface area (Å²) in [7, 11) is 1.74. The molecule has 0 unspecified atom stereocenters. The maximum atomic E-state index is 12.3. The lowest BCUT2D eigenvalue weighted by Crippen LogP contribution is -2.43. The molecule has 130 valence electrons. The monoisotopic (exact) mass is 338 g/mol. The highest BCUT2D eigenvalue weighted by atomic mass is 16.2. The van der Waals surface area contributed by atoms with E-state index >= 15 is 0 Å². The number of nitrogens with zero attached hydrogens (tertiary/aromatic N) is 3. The average molecular weight is 338 g/mol. The van der Waals surface area contributed by atoms with Crippen LogP contribution < -0.4 is 5.32 Å². The van der Waals surface area contributed by atoms with Gasteiger partial charge in [-0.2, -0.15) is 0 Å². The molecule has 1 aliphatic heterocycles. The van der Waals surface area contributed by atoms with Crippen molar-refractivity contribution in [3.05, 3.63) is 66.0 Å². The topological polar surface area (TPSA) is 65.5 Å². The lowest BCUT2D eigenvalue weighted by atomic mass is 10.2. The molecule has 0 saturated carbocycles. The minimum atomic E-state index is -0.170. The number of carbonyl (C=O) groups is 2. The summed E-state index contributed by atoms with van der Waals surface area (Å²) in [5, 5.41) is 2.95. The molecule has 1 aliphatic rings. The van der Waals surface area contributed by atoms with Crippen LogP contribution in [0, 0.1) is 0 Å². The third-order valence-electron chi connectivity index (χ3n) is 4.27. The largest absolute Gasteiger partial charge is 0.336 e. The number of hydrogen-bond acceptors (Lipinski definition) is 3. The van der Waals surface area contributed by atoms with Gasteiger partial charge in [0.1, 0.15) is 0 Å². The maximum absolute atomic E-state index is 12.3. The smallest absolute Gasteiger partial charge is 0.317 e. The number of nitrogens with one attached hydrogen (secondary N) is 1. The Bertz CT molecular complexity index is 721. The molecule has 1 fully saturated rings. The van der Waals surface area contributed by atoms with Crippen molar-refractivity contribution in [1.82, 2.24) is 20.1 Å². The second kappa shape index (κ2) is 7.79. The molecule has 25 heavy (non-hydrogen) atoms. The fourth-order valence-electron chi connectivity index (χ4n) is 2.94. The van der Waals surface area contributed by atoms with Crippen molar-refractivity contribution in [2.75, 3.05) is 13.6 Å². The number of hydrogen-bond donors (Lipinski definition) is 1. The van der Waals surface area contributed by atoms with Gasteiger partial charge in [0, 0.05) is 45.5 Å².